The summed E-state index contributed by atoms with van der Waals surface area (Å²) in [5.74, 6) is -1.88. The highest BCUT2D eigenvalue weighted by molar-refractivity contribution is 6.36. The molecule has 6 nitrogen and oxygen atoms in total. The van der Waals surface area contributed by atoms with E-state index < -0.39 is 17.6 Å². The minimum absolute atomic E-state index is 0.0677. The summed E-state index contributed by atoms with van der Waals surface area (Å²) in [6, 6.07) is 17.3. The predicted octanol–water partition coefficient (Wildman–Crippen LogP) is 5.12. The first-order valence-electron chi connectivity index (χ1n) is 10.1. The number of carbonyl (C=O) groups is 2. The second kappa shape index (κ2) is 11.4. The van der Waals surface area contributed by atoms with Crippen molar-refractivity contribution in [3.63, 3.8) is 0 Å². The van der Waals surface area contributed by atoms with Gasteiger partial charge in [-0.3, -0.25) is 9.59 Å². The maximum Gasteiger partial charge on any atom is 0.287 e. The van der Waals surface area contributed by atoms with Crippen LogP contribution in [0.25, 0.3) is 6.08 Å². The van der Waals surface area contributed by atoms with Crippen molar-refractivity contribution >= 4 is 53.0 Å². The van der Waals surface area contributed by atoms with E-state index in [1.807, 2.05) is 31.1 Å². The molecular weight excluding hydrogens is 478 g/mol. The summed E-state index contributed by atoms with van der Waals surface area (Å²) in [6.45, 7) is 0. The van der Waals surface area contributed by atoms with E-state index in [0.717, 1.165) is 11.8 Å². The summed E-state index contributed by atoms with van der Waals surface area (Å²) in [4.78, 5) is 27.4. The third-order valence-electron chi connectivity index (χ3n) is 4.63. The summed E-state index contributed by atoms with van der Waals surface area (Å²) >= 11 is 12.0. The van der Waals surface area contributed by atoms with Gasteiger partial charge >= 0.3 is 0 Å². The van der Waals surface area contributed by atoms with Crippen molar-refractivity contribution in [1.82, 2.24) is 10.7 Å². The van der Waals surface area contributed by atoms with Crippen molar-refractivity contribution in [2.24, 2.45) is 5.10 Å². The standard InChI is InChI=1S/C25H21Cl2FN4O2/c1-32(2)21-10-6-16(7-11-21)12-23(30-24(33)17-4-3-5-20(28)13-17)25(34)31-29-15-18-8-9-19(26)14-22(18)27/h3-15H,1-2H3,(H,30,33)(H,31,34). The highest BCUT2D eigenvalue weighted by atomic mass is 35.5. The smallest absolute Gasteiger partial charge is 0.287 e. The summed E-state index contributed by atoms with van der Waals surface area (Å²) < 4.78 is 13.5. The summed E-state index contributed by atoms with van der Waals surface area (Å²) in [5.41, 5.74) is 4.53. The third-order valence-corrected chi connectivity index (χ3v) is 5.19. The van der Waals surface area contributed by atoms with E-state index in [9.17, 15) is 14.0 Å². The Balaban J connectivity index is 1.84. The Hall–Kier alpha value is -3.68. The molecule has 0 radical (unpaired) electrons. The number of anilines is 1. The number of hydrogen-bond donors (Lipinski definition) is 2. The first kappa shape index (κ1) is 25.0. The molecule has 0 unspecified atom stereocenters. The molecule has 174 valence electrons. The van der Waals surface area contributed by atoms with Gasteiger partial charge in [0.15, 0.2) is 0 Å². The fraction of sp³-hybridized carbons (Fsp3) is 0.0800. The van der Waals surface area contributed by atoms with Gasteiger partial charge in [-0.15, -0.1) is 0 Å². The fourth-order valence-electron chi connectivity index (χ4n) is 2.84. The minimum Gasteiger partial charge on any atom is -0.378 e. The van der Waals surface area contributed by atoms with Crippen LogP contribution in [0.1, 0.15) is 21.5 Å². The number of benzene rings is 3. The molecule has 0 heterocycles. The van der Waals surface area contributed by atoms with E-state index >= 15 is 0 Å². The molecule has 0 atom stereocenters. The Labute approximate surface area is 206 Å². The van der Waals surface area contributed by atoms with Gasteiger partial charge in [-0.2, -0.15) is 5.10 Å². The van der Waals surface area contributed by atoms with Gasteiger partial charge in [0.25, 0.3) is 11.8 Å². The molecule has 2 N–H and O–H groups in total. The van der Waals surface area contributed by atoms with Crippen LogP contribution in [0.15, 0.2) is 77.5 Å². The second-order valence-corrected chi connectivity index (χ2v) is 8.22. The molecule has 0 spiro atoms. The van der Waals surface area contributed by atoms with Crippen LogP contribution in [0.5, 0.6) is 0 Å². The van der Waals surface area contributed by atoms with Gasteiger partial charge in [-0.05, 0) is 54.1 Å². The average Bonchev–Trinajstić information content (AvgIpc) is 2.80. The van der Waals surface area contributed by atoms with Crippen molar-refractivity contribution in [2.45, 2.75) is 0 Å². The quantitative estimate of drug-likeness (QED) is 0.269. The number of nitrogens with zero attached hydrogens (tertiary/aromatic N) is 2. The Morgan fingerprint density at radius 2 is 1.74 bits per heavy atom. The Bertz CT molecular complexity index is 1260. The maximum absolute atomic E-state index is 13.5. The lowest BCUT2D eigenvalue weighted by Gasteiger charge is -2.12. The first-order chi connectivity index (χ1) is 16.2. The number of hydrazone groups is 1. The van der Waals surface area contributed by atoms with Gasteiger partial charge in [0, 0.05) is 35.9 Å². The van der Waals surface area contributed by atoms with Crippen molar-refractivity contribution < 1.29 is 14.0 Å². The van der Waals surface area contributed by atoms with Crippen LogP contribution in [-0.4, -0.2) is 32.1 Å². The van der Waals surface area contributed by atoms with E-state index in [4.69, 9.17) is 23.2 Å². The van der Waals surface area contributed by atoms with Crippen LogP contribution < -0.4 is 15.6 Å². The topological polar surface area (TPSA) is 73.8 Å². The molecule has 0 saturated carbocycles. The lowest BCUT2D eigenvalue weighted by molar-refractivity contribution is -0.117. The second-order valence-electron chi connectivity index (χ2n) is 7.37. The fourth-order valence-corrected chi connectivity index (χ4v) is 3.30. The zero-order chi connectivity index (χ0) is 24.7. The molecule has 0 saturated heterocycles. The van der Waals surface area contributed by atoms with Crippen LogP contribution in [0.2, 0.25) is 10.0 Å². The largest absolute Gasteiger partial charge is 0.378 e. The van der Waals surface area contributed by atoms with Crippen molar-refractivity contribution in [3.8, 4) is 0 Å². The Morgan fingerprint density at radius 1 is 1.00 bits per heavy atom. The normalized spacial score (nSPS) is 11.4. The summed E-state index contributed by atoms with van der Waals surface area (Å²) in [7, 11) is 3.82. The maximum atomic E-state index is 13.5. The van der Waals surface area contributed by atoms with Crippen LogP contribution >= 0.6 is 23.2 Å². The summed E-state index contributed by atoms with van der Waals surface area (Å²) in [5, 5.41) is 7.28. The number of hydrogen-bond acceptors (Lipinski definition) is 4. The van der Waals surface area contributed by atoms with Crippen LogP contribution in [0.4, 0.5) is 10.1 Å². The number of carbonyl (C=O) groups excluding carboxylic acids is 2. The van der Waals surface area contributed by atoms with Gasteiger partial charge in [0.1, 0.15) is 11.5 Å². The predicted molar refractivity (Wildman–Crippen MR) is 135 cm³/mol. The van der Waals surface area contributed by atoms with E-state index in [1.165, 1.54) is 30.5 Å². The highest BCUT2D eigenvalue weighted by Crippen LogP contribution is 2.19. The molecule has 0 bridgehead atoms. The molecule has 0 aliphatic carbocycles. The van der Waals surface area contributed by atoms with E-state index in [1.54, 1.807) is 30.3 Å². The van der Waals surface area contributed by atoms with Crippen molar-refractivity contribution in [3.05, 3.63) is 105 Å². The number of rotatable bonds is 7. The average molecular weight is 499 g/mol. The highest BCUT2D eigenvalue weighted by Gasteiger charge is 2.15. The van der Waals surface area contributed by atoms with Gasteiger partial charge in [-0.1, -0.05) is 47.5 Å². The van der Waals surface area contributed by atoms with Gasteiger partial charge in [0.05, 0.1) is 11.2 Å². The minimum atomic E-state index is -0.678. The zero-order valence-corrected chi connectivity index (χ0v) is 19.9. The van der Waals surface area contributed by atoms with Gasteiger partial charge in [-0.25, -0.2) is 9.82 Å². The number of amides is 2. The molecular formula is C25H21Cl2FN4O2. The monoisotopic (exact) mass is 498 g/mol. The molecule has 0 aromatic heterocycles. The third kappa shape index (κ3) is 6.91. The van der Waals surface area contributed by atoms with Gasteiger partial charge in [0.2, 0.25) is 0 Å². The van der Waals surface area contributed by atoms with Crippen LogP contribution in [0.3, 0.4) is 0 Å². The molecule has 0 aliphatic heterocycles. The SMILES string of the molecule is CN(C)c1ccc(C=C(NC(=O)c2cccc(F)c2)C(=O)NN=Cc2ccc(Cl)cc2Cl)cc1. The molecule has 9 heteroatoms. The lowest BCUT2D eigenvalue weighted by atomic mass is 10.1. The van der Waals surface area contributed by atoms with Crippen LogP contribution in [0, 0.1) is 5.82 Å². The molecule has 3 aromatic rings. The molecule has 3 rings (SSSR count). The lowest BCUT2D eigenvalue weighted by Crippen LogP contribution is -2.32. The van der Waals surface area contributed by atoms with Crippen LogP contribution in [-0.2, 0) is 4.79 Å². The van der Waals surface area contributed by atoms with Gasteiger partial charge < -0.3 is 10.2 Å². The molecule has 0 aliphatic rings. The molecule has 34 heavy (non-hydrogen) atoms. The Morgan fingerprint density at radius 3 is 2.38 bits per heavy atom. The first-order valence-corrected chi connectivity index (χ1v) is 10.8. The molecule has 3 aromatic carbocycles. The zero-order valence-electron chi connectivity index (χ0n) is 18.4. The van der Waals surface area contributed by atoms with Crippen molar-refractivity contribution in [1.29, 1.82) is 0 Å². The molecule has 0 fully saturated rings. The number of halogens is 3. The van der Waals surface area contributed by atoms with E-state index in [2.05, 4.69) is 15.8 Å². The number of nitrogens with one attached hydrogen (secondary N) is 2. The van der Waals surface area contributed by atoms with Crippen molar-refractivity contribution in [2.75, 3.05) is 19.0 Å². The molecule has 2 amide bonds. The summed E-state index contributed by atoms with van der Waals surface area (Å²) in [6.07, 6.45) is 2.85. The van der Waals surface area contributed by atoms with E-state index in [-0.39, 0.29) is 11.3 Å². The Kier molecular flexibility index (Phi) is 8.40. The van der Waals surface area contributed by atoms with E-state index in [0.29, 0.717) is 21.2 Å².